The van der Waals surface area contributed by atoms with Crippen molar-refractivity contribution in [2.75, 3.05) is 13.2 Å². The van der Waals surface area contributed by atoms with Gasteiger partial charge < -0.3 is 9.47 Å². The fraction of sp³-hybridized carbons (Fsp3) is 0.182. The summed E-state index contributed by atoms with van der Waals surface area (Å²) in [5, 5.41) is 1.34. The third-order valence-electron chi connectivity index (χ3n) is 4.29. The monoisotopic (exact) mass is 376 g/mol. The Balaban J connectivity index is 1.51. The molecule has 1 saturated heterocycles. The molecule has 2 atom stereocenters. The minimum atomic E-state index is -0.737. The summed E-state index contributed by atoms with van der Waals surface area (Å²) in [6, 6.07) is 22.2. The summed E-state index contributed by atoms with van der Waals surface area (Å²) in [5.41, 5.74) is 1.29. The molecular weight excluding hydrogens is 356 g/mol. The molecule has 1 amide bonds. The lowest BCUT2D eigenvalue weighted by atomic mass is 10.2. The number of carbonyl (C=O) groups is 1. The van der Waals surface area contributed by atoms with E-state index in [4.69, 9.17) is 14.3 Å². The van der Waals surface area contributed by atoms with Gasteiger partial charge in [-0.3, -0.25) is 9.78 Å². The minimum Gasteiger partial charge on any atom is -0.491 e. The molecule has 1 aromatic heterocycles. The molecule has 0 bridgehead atoms. The molecule has 28 heavy (non-hydrogen) atoms. The molecule has 1 aliphatic heterocycles. The number of rotatable bonds is 5. The summed E-state index contributed by atoms with van der Waals surface area (Å²) in [7, 11) is 0. The van der Waals surface area contributed by atoms with Crippen molar-refractivity contribution in [1.29, 1.82) is 0 Å². The highest BCUT2D eigenvalue weighted by atomic mass is 16.8. The predicted octanol–water partition coefficient (Wildman–Crippen LogP) is 3.63. The Morgan fingerprint density at radius 3 is 2.50 bits per heavy atom. The highest BCUT2D eigenvalue weighted by molar-refractivity contribution is 5.93. The van der Waals surface area contributed by atoms with Crippen molar-refractivity contribution < 1.29 is 19.1 Å². The van der Waals surface area contributed by atoms with Crippen LogP contribution in [0.3, 0.4) is 0 Å². The first-order chi connectivity index (χ1) is 13.8. The predicted molar refractivity (Wildman–Crippen MR) is 102 cm³/mol. The van der Waals surface area contributed by atoms with Crippen LogP contribution in [0.2, 0.25) is 0 Å². The number of aromatic nitrogens is 1. The van der Waals surface area contributed by atoms with Gasteiger partial charge in [0.15, 0.2) is 0 Å². The van der Waals surface area contributed by atoms with Crippen LogP contribution in [0, 0.1) is 0 Å². The number of nitrogens with zero attached hydrogens (tertiary/aromatic N) is 2. The highest BCUT2D eigenvalue weighted by Gasteiger charge is 2.34. The first-order valence-electron chi connectivity index (χ1n) is 9.06. The van der Waals surface area contributed by atoms with E-state index in [1.54, 1.807) is 30.6 Å². The second kappa shape index (κ2) is 8.65. The summed E-state index contributed by atoms with van der Waals surface area (Å²) >= 11 is 0. The van der Waals surface area contributed by atoms with Gasteiger partial charge in [0.25, 0.3) is 5.91 Å². The zero-order valence-corrected chi connectivity index (χ0v) is 15.2. The molecule has 6 heteroatoms. The second-order valence-corrected chi connectivity index (χ2v) is 6.34. The van der Waals surface area contributed by atoms with E-state index in [9.17, 15) is 4.79 Å². The molecule has 3 aromatic rings. The number of hydroxylamine groups is 2. The third kappa shape index (κ3) is 4.36. The lowest BCUT2D eigenvalue weighted by Gasteiger charge is -2.37. The second-order valence-electron chi connectivity index (χ2n) is 6.34. The molecular formula is C22H20N2O4. The average molecular weight is 376 g/mol. The largest absolute Gasteiger partial charge is 0.491 e. The molecule has 1 fully saturated rings. The summed E-state index contributed by atoms with van der Waals surface area (Å²) in [6.07, 6.45) is 2.25. The van der Waals surface area contributed by atoms with E-state index in [1.807, 2.05) is 54.6 Å². The fourth-order valence-corrected chi connectivity index (χ4v) is 2.89. The quantitative estimate of drug-likeness (QED) is 0.680. The van der Waals surface area contributed by atoms with Crippen LogP contribution in [0.15, 0.2) is 85.2 Å². The van der Waals surface area contributed by atoms with Gasteiger partial charge in [-0.1, -0.05) is 42.5 Å². The molecule has 2 heterocycles. The number of para-hydroxylation sites is 1. The topological polar surface area (TPSA) is 60.9 Å². The molecule has 0 spiro atoms. The third-order valence-corrected chi connectivity index (χ3v) is 4.29. The number of hydrogen-bond acceptors (Lipinski definition) is 5. The minimum absolute atomic E-state index is 0.220. The Kier molecular flexibility index (Phi) is 5.61. The van der Waals surface area contributed by atoms with Crippen molar-refractivity contribution >= 4 is 5.91 Å². The van der Waals surface area contributed by atoms with Crippen LogP contribution in [0.4, 0.5) is 0 Å². The average Bonchev–Trinajstić information content (AvgIpc) is 2.79. The van der Waals surface area contributed by atoms with Crippen molar-refractivity contribution in [2.45, 2.75) is 12.4 Å². The molecule has 142 valence electrons. The molecule has 0 saturated carbocycles. The summed E-state index contributed by atoms with van der Waals surface area (Å²) < 4.78 is 11.9. The summed E-state index contributed by atoms with van der Waals surface area (Å²) in [5.74, 6) is 0.527. The Bertz CT molecular complexity index is 890. The summed E-state index contributed by atoms with van der Waals surface area (Å²) in [6.45, 7) is 0.556. The first kappa shape index (κ1) is 18.2. The van der Waals surface area contributed by atoms with Crippen molar-refractivity contribution in [3.05, 3.63) is 96.3 Å². The SMILES string of the molecule is O=C(c1ccccc1)N1C[C@H](COc2ccccc2)O[C@H](c2cccnc2)O1. The lowest BCUT2D eigenvalue weighted by Crippen LogP contribution is -2.47. The van der Waals surface area contributed by atoms with Gasteiger partial charge in [-0.05, 0) is 30.3 Å². The maximum Gasteiger partial charge on any atom is 0.277 e. The number of hydrogen-bond donors (Lipinski definition) is 0. The van der Waals surface area contributed by atoms with Crippen molar-refractivity contribution in [1.82, 2.24) is 10.0 Å². The molecule has 4 rings (SSSR count). The Morgan fingerprint density at radius 2 is 1.79 bits per heavy atom. The van der Waals surface area contributed by atoms with Gasteiger partial charge in [0, 0.05) is 23.5 Å². The Morgan fingerprint density at radius 1 is 1.04 bits per heavy atom. The molecule has 0 unspecified atom stereocenters. The summed E-state index contributed by atoms with van der Waals surface area (Å²) in [4.78, 5) is 22.8. The number of pyridine rings is 1. The molecule has 2 aromatic carbocycles. The van der Waals surface area contributed by atoms with Gasteiger partial charge in [-0.2, -0.15) is 0 Å². The number of amides is 1. The van der Waals surface area contributed by atoms with E-state index in [0.29, 0.717) is 12.2 Å². The van der Waals surface area contributed by atoms with E-state index in [0.717, 1.165) is 11.3 Å². The maximum absolute atomic E-state index is 12.9. The van der Waals surface area contributed by atoms with E-state index in [-0.39, 0.29) is 18.6 Å². The smallest absolute Gasteiger partial charge is 0.277 e. The molecule has 0 N–H and O–H groups in total. The maximum atomic E-state index is 12.9. The van der Waals surface area contributed by atoms with E-state index >= 15 is 0 Å². The van der Waals surface area contributed by atoms with E-state index < -0.39 is 6.29 Å². The highest BCUT2D eigenvalue weighted by Crippen LogP contribution is 2.27. The van der Waals surface area contributed by atoms with Crippen LogP contribution in [0.25, 0.3) is 0 Å². The van der Waals surface area contributed by atoms with Gasteiger partial charge in [0.2, 0.25) is 6.29 Å². The van der Waals surface area contributed by atoms with Gasteiger partial charge in [-0.25, -0.2) is 9.90 Å². The van der Waals surface area contributed by atoms with Crippen LogP contribution in [0.1, 0.15) is 22.2 Å². The van der Waals surface area contributed by atoms with Crippen molar-refractivity contribution in [2.24, 2.45) is 0 Å². The van der Waals surface area contributed by atoms with Crippen LogP contribution in [-0.4, -0.2) is 35.2 Å². The van der Waals surface area contributed by atoms with Gasteiger partial charge in [0.05, 0.1) is 6.54 Å². The number of benzene rings is 2. The molecule has 0 aliphatic carbocycles. The van der Waals surface area contributed by atoms with E-state index in [1.165, 1.54) is 5.06 Å². The standard InChI is InChI=1S/C22H20N2O4/c25-21(17-8-3-1-4-9-17)24-15-20(16-26-19-11-5-2-6-12-19)27-22(28-24)18-10-7-13-23-14-18/h1-14,20,22H,15-16H2/t20-,22+/m1/s1. The first-order valence-corrected chi connectivity index (χ1v) is 9.06. The zero-order chi connectivity index (χ0) is 19.2. The van der Waals surface area contributed by atoms with Crippen LogP contribution < -0.4 is 4.74 Å². The Labute approximate surface area is 163 Å². The molecule has 1 aliphatic rings. The van der Waals surface area contributed by atoms with Crippen LogP contribution >= 0.6 is 0 Å². The fourth-order valence-electron chi connectivity index (χ4n) is 2.89. The van der Waals surface area contributed by atoms with Crippen LogP contribution in [0.5, 0.6) is 5.75 Å². The normalized spacial score (nSPS) is 19.2. The van der Waals surface area contributed by atoms with E-state index in [2.05, 4.69) is 4.98 Å². The van der Waals surface area contributed by atoms with Gasteiger partial charge >= 0.3 is 0 Å². The van der Waals surface area contributed by atoms with Crippen LogP contribution in [-0.2, 0) is 9.57 Å². The number of carbonyl (C=O) groups excluding carboxylic acids is 1. The number of ether oxygens (including phenoxy) is 2. The van der Waals surface area contributed by atoms with Gasteiger partial charge in [0.1, 0.15) is 18.5 Å². The molecule has 0 radical (unpaired) electrons. The van der Waals surface area contributed by atoms with Crippen molar-refractivity contribution in [3.63, 3.8) is 0 Å². The molecule has 6 nitrogen and oxygen atoms in total. The zero-order valence-electron chi connectivity index (χ0n) is 15.2. The van der Waals surface area contributed by atoms with Crippen molar-refractivity contribution in [3.8, 4) is 5.75 Å². The Hall–Kier alpha value is -3.22. The lowest BCUT2D eigenvalue weighted by molar-refractivity contribution is -0.325. The van der Waals surface area contributed by atoms with Gasteiger partial charge in [-0.15, -0.1) is 0 Å².